The maximum absolute atomic E-state index is 4.47. The zero-order chi connectivity index (χ0) is 17.7. The van der Waals surface area contributed by atoms with Crippen LogP contribution in [0, 0.1) is 6.92 Å². The van der Waals surface area contributed by atoms with E-state index in [1.807, 2.05) is 5.51 Å². The molecule has 0 bridgehead atoms. The molecule has 0 fully saturated rings. The molecule has 0 spiro atoms. The van der Waals surface area contributed by atoms with E-state index >= 15 is 0 Å². The van der Waals surface area contributed by atoms with Crippen molar-refractivity contribution in [1.82, 2.24) is 9.55 Å². The molecule has 2 heterocycles. The third-order valence-corrected chi connectivity index (χ3v) is 5.74. The van der Waals surface area contributed by atoms with Gasteiger partial charge in [-0.25, -0.2) is 9.55 Å². The van der Waals surface area contributed by atoms with E-state index in [0.29, 0.717) is 0 Å². The Labute approximate surface area is 155 Å². The second-order valence-corrected chi connectivity index (χ2v) is 7.42. The molecule has 3 aromatic carbocycles. The predicted octanol–water partition coefficient (Wildman–Crippen LogP) is 5.04. The molecule has 0 N–H and O–H groups in total. The Hall–Kier alpha value is -2.98. The van der Waals surface area contributed by atoms with Crippen LogP contribution >= 0.6 is 11.3 Å². The van der Waals surface area contributed by atoms with E-state index in [1.54, 1.807) is 11.3 Å². The molecule has 0 aliphatic rings. The number of aromatic nitrogens is 3. The Balaban J connectivity index is 1.93. The Morgan fingerprint density at radius 2 is 1.73 bits per heavy atom. The number of hydrogen-bond acceptors (Lipinski definition) is 2. The van der Waals surface area contributed by atoms with Gasteiger partial charge in [-0.1, -0.05) is 30.3 Å². The number of fused-ring (bicyclic) bond motifs is 2. The third kappa shape index (κ3) is 2.19. The van der Waals surface area contributed by atoms with Crippen molar-refractivity contribution >= 4 is 32.6 Å². The van der Waals surface area contributed by atoms with E-state index in [2.05, 4.69) is 94.8 Å². The van der Waals surface area contributed by atoms with Gasteiger partial charge >= 0.3 is 0 Å². The van der Waals surface area contributed by atoms with E-state index in [1.165, 1.54) is 38.4 Å². The van der Waals surface area contributed by atoms with Gasteiger partial charge < -0.3 is 0 Å². The van der Waals surface area contributed by atoms with E-state index < -0.39 is 0 Å². The highest BCUT2D eigenvalue weighted by atomic mass is 32.1. The van der Waals surface area contributed by atoms with Gasteiger partial charge in [0.1, 0.15) is 5.69 Å². The largest absolute Gasteiger partial charge is 0.295 e. The fourth-order valence-electron chi connectivity index (χ4n) is 3.70. The molecule has 4 heteroatoms. The van der Waals surface area contributed by atoms with Crippen LogP contribution in [0.15, 0.2) is 72.2 Å². The second kappa shape index (κ2) is 5.78. The number of imidazole rings is 1. The van der Waals surface area contributed by atoms with E-state index in [9.17, 15) is 0 Å². The molecule has 26 heavy (non-hydrogen) atoms. The van der Waals surface area contributed by atoms with Crippen molar-refractivity contribution in [3.05, 3.63) is 77.8 Å². The number of para-hydroxylation sites is 3. The molecule has 5 rings (SSSR count). The van der Waals surface area contributed by atoms with Gasteiger partial charge in [-0.3, -0.25) is 0 Å². The molecule has 2 aromatic heterocycles. The average Bonchev–Trinajstić information content (AvgIpc) is 3.24. The second-order valence-electron chi connectivity index (χ2n) is 6.53. The lowest BCUT2D eigenvalue weighted by atomic mass is 10.1. The zero-order valence-electron chi connectivity index (χ0n) is 14.7. The maximum atomic E-state index is 4.47. The summed E-state index contributed by atoms with van der Waals surface area (Å²) in [6.07, 6.45) is 0. The molecule has 0 aliphatic carbocycles. The van der Waals surface area contributed by atoms with Crippen LogP contribution in [0.5, 0.6) is 0 Å². The summed E-state index contributed by atoms with van der Waals surface area (Å²) in [6.45, 7) is 2.17. The Morgan fingerprint density at radius 1 is 0.962 bits per heavy atom. The number of benzene rings is 3. The summed E-state index contributed by atoms with van der Waals surface area (Å²) in [4.78, 5) is 4.47. The Bertz CT molecular complexity index is 1250. The number of aryl methyl sites for hydroxylation is 2. The van der Waals surface area contributed by atoms with Gasteiger partial charge in [0.15, 0.2) is 11.0 Å². The summed E-state index contributed by atoms with van der Waals surface area (Å²) >= 11 is 1.69. The predicted molar refractivity (Wildman–Crippen MR) is 108 cm³/mol. The SMILES string of the molecule is Cc1cc2ncsc2cc1-c1n(-c2ccccc2)c2ccccc2[n+]1C. The number of nitrogens with zero attached hydrogens (tertiary/aromatic N) is 3. The molecule has 0 atom stereocenters. The standard InChI is InChI=1S/C22H18N3S/c1-15-12-18-21(26-14-23-18)13-17(15)22-24(2)19-10-6-7-11-20(19)25(22)16-8-4-3-5-9-16/h3-14H,1-2H3/q+1. The minimum Gasteiger partial charge on any atom is -0.245 e. The van der Waals surface area contributed by atoms with Crippen LogP contribution in [0.4, 0.5) is 0 Å². The molecule has 0 saturated carbocycles. The van der Waals surface area contributed by atoms with Crippen LogP contribution < -0.4 is 4.57 Å². The van der Waals surface area contributed by atoms with Crippen LogP contribution in [-0.2, 0) is 7.05 Å². The van der Waals surface area contributed by atoms with Gasteiger partial charge in [0.2, 0.25) is 0 Å². The van der Waals surface area contributed by atoms with Crippen LogP contribution in [0.1, 0.15) is 5.56 Å². The van der Waals surface area contributed by atoms with Gasteiger partial charge in [0.05, 0.1) is 28.3 Å². The topological polar surface area (TPSA) is 21.7 Å². The van der Waals surface area contributed by atoms with Gasteiger partial charge in [0.25, 0.3) is 5.82 Å². The molecule has 0 amide bonds. The fourth-order valence-corrected chi connectivity index (χ4v) is 4.40. The molecule has 0 radical (unpaired) electrons. The van der Waals surface area contributed by atoms with Crippen molar-refractivity contribution in [2.24, 2.45) is 7.05 Å². The zero-order valence-corrected chi connectivity index (χ0v) is 15.5. The van der Waals surface area contributed by atoms with Gasteiger partial charge in [-0.15, -0.1) is 11.3 Å². The monoisotopic (exact) mass is 356 g/mol. The Kier molecular flexibility index (Phi) is 3.40. The number of hydrogen-bond donors (Lipinski definition) is 0. The number of thiazole rings is 1. The van der Waals surface area contributed by atoms with Crippen molar-refractivity contribution in [2.45, 2.75) is 6.92 Å². The molecule has 0 unspecified atom stereocenters. The highest BCUT2D eigenvalue weighted by Crippen LogP contribution is 2.32. The smallest absolute Gasteiger partial charge is 0.245 e. The summed E-state index contributed by atoms with van der Waals surface area (Å²) in [5.41, 5.74) is 9.06. The highest BCUT2D eigenvalue weighted by molar-refractivity contribution is 7.16. The quantitative estimate of drug-likeness (QED) is 0.406. The average molecular weight is 356 g/mol. The van der Waals surface area contributed by atoms with Crippen molar-refractivity contribution in [3.8, 4) is 17.1 Å². The van der Waals surface area contributed by atoms with Crippen LogP contribution in [0.2, 0.25) is 0 Å². The minimum absolute atomic E-state index is 1.07. The van der Waals surface area contributed by atoms with E-state index in [4.69, 9.17) is 0 Å². The van der Waals surface area contributed by atoms with Crippen molar-refractivity contribution in [2.75, 3.05) is 0 Å². The van der Waals surface area contributed by atoms with E-state index in [0.717, 1.165) is 5.52 Å². The van der Waals surface area contributed by atoms with Crippen LogP contribution in [-0.4, -0.2) is 9.55 Å². The van der Waals surface area contributed by atoms with Crippen molar-refractivity contribution in [1.29, 1.82) is 0 Å². The first-order valence-electron chi connectivity index (χ1n) is 8.63. The molecule has 126 valence electrons. The first kappa shape index (κ1) is 15.3. The number of rotatable bonds is 2. The van der Waals surface area contributed by atoms with Gasteiger partial charge in [-0.2, -0.15) is 4.57 Å². The summed E-state index contributed by atoms with van der Waals surface area (Å²) in [7, 11) is 2.15. The summed E-state index contributed by atoms with van der Waals surface area (Å²) < 4.78 is 5.86. The summed E-state index contributed by atoms with van der Waals surface area (Å²) in [5.74, 6) is 1.19. The lowest BCUT2D eigenvalue weighted by Crippen LogP contribution is -2.30. The normalized spacial score (nSPS) is 11.5. The molecule has 5 aromatic rings. The lowest BCUT2D eigenvalue weighted by molar-refractivity contribution is -0.633. The fraction of sp³-hybridized carbons (Fsp3) is 0.0909. The first-order valence-corrected chi connectivity index (χ1v) is 9.51. The van der Waals surface area contributed by atoms with Crippen molar-refractivity contribution in [3.63, 3.8) is 0 Å². The molecular formula is C22H18N3S+. The van der Waals surface area contributed by atoms with Gasteiger partial charge in [0, 0.05) is 0 Å². The van der Waals surface area contributed by atoms with E-state index in [-0.39, 0.29) is 0 Å². The van der Waals surface area contributed by atoms with Crippen LogP contribution in [0.3, 0.4) is 0 Å². The Morgan fingerprint density at radius 3 is 2.58 bits per heavy atom. The van der Waals surface area contributed by atoms with Gasteiger partial charge in [-0.05, 0) is 48.9 Å². The molecule has 0 aliphatic heterocycles. The molecule has 0 saturated heterocycles. The minimum atomic E-state index is 1.07. The van der Waals surface area contributed by atoms with Crippen LogP contribution in [0.25, 0.3) is 38.3 Å². The maximum Gasteiger partial charge on any atom is 0.295 e. The highest BCUT2D eigenvalue weighted by Gasteiger charge is 2.27. The van der Waals surface area contributed by atoms with Crippen molar-refractivity contribution < 1.29 is 4.57 Å². The lowest BCUT2D eigenvalue weighted by Gasteiger charge is -2.06. The summed E-state index contributed by atoms with van der Waals surface area (Å²) in [6, 6.07) is 23.6. The summed E-state index contributed by atoms with van der Waals surface area (Å²) in [5, 5.41) is 0. The third-order valence-electron chi connectivity index (χ3n) is 4.95. The molecular weight excluding hydrogens is 338 g/mol. The molecule has 3 nitrogen and oxygen atoms in total. The first-order chi connectivity index (χ1) is 12.7.